The summed E-state index contributed by atoms with van der Waals surface area (Å²) in [5.41, 5.74) is 0.414. The lowest BCUT2D eigenvalue weighted by Gasteiger charge is -2.31. The summed E-state index contributed by atoms with van der Waals surface area (Å²) < 4.78 is 38.1. The number of thiazole rings is 1. The van der Waals surface area contributed by atoms with E-state index in [0.29, 0.717) is 18.1 Å². The molecule has 0 aliphatic carbocycles. The molecule has 0 amide bonds. The highest BCUT2D eigenvalue weighted by atomic mass is 32.1. The minimum Gasteiger partial charge on any atom is -0.478 e. The molecule has 0 bridgehead atoms. The van der Waals surface area contributed by atoms with Crippen molar-refractivity contribution < 1.29 is 23.1 Å². The van der Waals surface area contributed by atoms with Gasteiger partial charge in [0.25, 0.3) is 0 Å². The van der Waals surface area contributed by atoms with E-state index in [4.69, 9.17) is 5.11 Å². The van der Waals surface area contributed by atoms with E-state index in [1.807, 2.05) is 0 Å². The average molecular weight is 370 g/mol. The van der Waals surface area contributed by atoms with E-state index >= 15 is 0 Å². The lowest BCUT2D eigenvalue weighted by molar-refractivity contribution is -0.140. The zero-order valence-corrected chi connectivity index (χ0v) is 14.1. The van der Waals surface area contributed by atoms with Crippen LogP contribution >= 0.6 is 11.3 Å². The number of hydrogen-bond donors (Lipinski definition) is 1. The highest BCUT2D eigenvalue weighted by molar-refractivity contribution is 7.09. The predicted octanol–water partition coefficient (Wildman–Crippen LogP) is 4.24. The van der Waals surface area contributed by atoms with Crippen molar-refractivity contribution in [2.75, 3.05) is 13.1 Å². The molecule has 1 aliphatic heterocycles. The molecule has 134 valence electrons. The van der Waals surface area contributed by atoms with Gasteiger partial charge in [-0.1, -0.05) is 12.1 Å². The van der Waals surface area contributed by atoms with Gasteiger partial charge in [0, 0.05) is 24.4 Å². The van der Waals surface area contributed by atoms with Crippen molar-refractivity contribution >= 4 is 17.3 Å². The largest absolute Gasteiger partial charge is 0.478 e. The summed E-state index contributed by atoms with van der Waals surface area (Å²) in [5.74, 6) is -0.957. The first-order valence-corrected chi connectivity index (χ1v) is 8.78. The summed E-state index contributed by atoms with van der Waals surface area (Å²) >= 11 is 1.07. The molecule has 0 radical (unpaired) electrons. The number of nitrogens with zero attached hydrogens (tertiary/aromatic N) is 2. The lowest BCUT2D eigenvalue weighted by Crippen LogP contribution is -2.33. The van der Waals surface area contributed by atoms with Crippen molar-refractivity contribution in [2.24, 2.45) is 0 Å². The first kappa shape index (κ1) is 17.9. The Hall–Kier alpha value is -1.93. The maximum absolute atomic E-state index is 12.7. The number of likely N-dealkylation sites (tertiary alicyclic amines) is 1. The van der Waals surface area contributed by atoms with Gasteiger partial charge in [-0.05, 0) is 37.1 Å². The standard InChI is InChI=1S/C17H17F3N2O2S/c18-17(19,20)14-10-25-15(21-14)13-2-1-7-22(9-13)8-11-3-5-12(6-4-11)16(23)24/h3-6,10,13H,1-2,7-9H2,(H,23,24). The number of carboxylic acids is 1. The molecule has 4 nitrogen and oxygen atoms in total. The Kier molecular flexibility index (Phi) is 5.10. The lowest BCUT2D eigenvalue weighted by atomic mass is 9.98. The van der Waals surface area contributed by atoms with Crippen LogP contribution in [0.15, 0.2) is 29.6 Å². The summed E-state index contributed by atoms with van der Waals surface area (Å²) in [6.45, 7) is 2.17. The second-order valence-corrected chi connectivity index (χ2v) is 7.03. The quantitative estimate of drug-likeness (QED) is 0.875. The Morgan fingerprint density at radius 3 is 2.64 bits per heavy atom. The molecule has 1 aromatic heterocycles. The summed E-state index contributed by atoms with van der Waals surface area (Å²) in [5, 5.41) is 10.5. The van der Waals surface area contributed by atoms with Gasteiger partial charge in [-0.15, -0.1) is 11.3 Å². The van der Waals surface area contributed by atoms with Crippen LogP contribution in [0.2, 0.25) is 0 Å². The highest BCUT2D eigenvalue weighted by Gasteiger charge is 2.35. The van der Waals surface area contributed by atoms with Gasteiger partial charge in [0.15, 0.2) is 5.69 Å². The number of carboxylic acid groups (broad SMARTS) is 1. The van der Waals surface area contributed by atoms with Crippen LogP contribution < -0.4 is 0 Å². The second-order valence-electron chi connectivity index (χ2n) is 6.15. The number of alkyl halides is 3. The van der Waals surface area contributed by atoms with Gasteiger partial charge >= 0.3 is 12.1 Å². The highest BCUT2D eigenvalue weighted by Crippen LogP contribution is 2.35. The first-order valence-electron chi connectivity index (χ1n) is 7.90. The van der Waals surface area contributed by atoms with E-state index in [1.165, 1.54) is 0 Å². The Balaban J connectivity index is 1.65. The number of carbonyl (C=O) groups is 1. The minimum absolute atomic E-state index is 0.00754. The number of piperidine rings is 1. The van der Waals surface area contributed by atoms with E-state index in [0.717, 1.165) is 41.7 Å². The molecule has 25 heavy (non-hydrogen) atoms. The van der Waals surface area contributed by atoms with Gasteiger partial charge < -0.3 is 5.11 Å². The second kappa shape index (κ2) is 7.13. The van der Waals surface area contributed by atoms with Gasteiger partial charge in [0.1, 0.15) is 0 Å². The van der Waals surface area contributed by atoms with Gasteiger partial charge in [0.2, 0.25) is 0 Å². The molecule has 1 saturated heterocycles. The van der Waals surface area contributed by atoms with E-state index in [1.54, 1.807) is 24.3 Å². The molecule has 1 unspecified atom stereocenters. The molecule has 1 aliphatic rings. The maximum Gasteiger partial charge on any atom is 0.434 e. The van der Waals surface area contributed by atoms with Crippen LogP contribution in [0.3, 0.4) is 0 Å². The maximum atomic E-state index is 12.7. The molecule has 0 spiro atoms. The van der Waals surface area contributed by atoms with Crippen LogP contribution in [-0.2, 0) is 12.7 Å². The number of hydrogen-bond acceptors (Lipinski definition) is 4. The SMILES string of the molecule is O=C(O)c1ccc(CN2CCCC(c3nc(C(F)(F)F)cs3)C2)cc1. The molecule has 3 rings (SSSR count). The van der Waals surface area contributed by atoms with Gasteiger partial charge in [0.05, 0.1) is 10.6 Å². The summed E-state index contributed by atoms with van der Waals surface area (Å²) in [7, 11) is 0. The zero-order valence-electron chi connectivity index (χ0n) is 13.3. The van der Waals surface area contributed by atoms with Crippen molar-refractivity contribution in [3.63, 3.8) is 0 Å². The molecule has 1 aromatic carbocycles. The number of aromatic nitrogens is 1. The number of benzene rings is 1. The monoisotopic (exact) mass is 370 g/mol. The molecule has 2 heterocycles. The van der Waals surface area contributed by atoms with Crippen molar-refractivity contribution in [3.8, 4) is 0 Å². The first-order chi connectivity index (χ1) is 11.8. The topological polar surface area (TPSA) is 53.4 Å². The Morgan fingerprint density at radius 1 is 1.32 bits per heavy atom. The van der Waals surface area contributed by atoms with Gasteiger partial charge in [-0.25, -0.2) is 9.78 Å². The summed E-state index contributed by atoms with van der Waals surface area (Å²) in [4.78, 5) is 16.8. The molecular weight excluding hydrogens is 353 g/mol. The Bertz CT molecular complexity index is 743. The van der Waals surface area contributed by atoms with Crippen molar-refractivity contribution in [3.05, 3.63) is 51.5 Å². The fraction of sp³-hybridized carbons (Fsp3) is 0.412. The van der Waals surface area contributed by atoms with Gasteiger partial charge in [-0.3, -0.25) is 4.90 Å². The predicted molar refractivity (Wildman–Crippen MR) is 87.8 cm³/mol. The van der Waals surface area contributed by atoms with Crippen LogP contribution in [0, 0.1) is 0 Å². The third-order valence-electron chi connectivity index (χ3n) is 4.27. The number of halogens is 3. The Labute approximate surface area is 146 Å². The molecule has 2 aromatic rings. The molecular formula is C17H17F3N2O2S. The van der Waals surface area contributed by atoms with Gasteiger partial charge in [-0.2, -0.15) is 13.2 Å². The summed E-state index contributed by atoms with van der Waals surface area (Å²) in [6.07, 6.45) is -2.66. The fourth-order valence-corrected chi connectivity index (χ4v) is 3.97. The number of rotatable bonds is 4. The van der Waals surface area contributed by atoms with Crippen LogP contribution in [-0.4, -0.2) is 34.0 Å². The third kappa shape index (κ3) is 4.38. The van der Waals surface area contributed by atoms with Crippen LogP contribution in [0.25, 0.3) is 0 Å². The number of aromatic carboxylic acids is 1. The van der Waals surface area contributed by atoms with E-state index < -0.39 is 17.8 Å². The minimum atomic E-state index is -4.39. The van der Waals surface area contributed by atoms with Crippen LogP contribution in [0.4, 0.5) is 13.2 Å². The molecule has 8 heteroatoms. The van der Waals surface area contributed by atoms with Crippen LogP contribution in [0.1, 0.15) is 45.4 Å². The third-order valence-corrected chi connectivity index (χ3v) is 5.28. The Morgan fingerprint density at radius 2 is 2.04 bits per heavy atom. The average Bonchev–Trinajstić information content (AvgIpc) is 3.06. The fourth-order valence-electron chi connectivity index (χ4n) is 3.02. The zero-order chi connectivity index (χ0) is 18.0. The molecule has 1 N–H and O–H groups in total. The van der Waals surface area contributed by atoms with Crippen molar-refractivity contribution in [2.45, 2.75) is 31.5 Å². The van der Waals surface area contributed by atoms with E-state index in [2.05, 4.69) is 9.88 Å². The van der Waals surface area contributed by atoms with Crippen molar-refractivity contribution in [1.29, 1.82) is 0 Å². The van der Waals surface area contributed by atoms with Crippen LogP contribution in [0.5, 0.6) is 0 Å². The smallest absolute Gasteiger partial charge is 0.434 e. The van der Waals surface area contributed by atoms with E-state index in [-0.39, 0.29) is 11.5 Å². The summed E-state index contributed by atoms with van der Waals surface area (Å²) in [6, 6.07) is 6.68. The normalized spacial score (nSPS) is 19.1. The van der Waals surface area contributed by atoms with Crippen molar-refractivity contribution in [1.82, 2.24) is 9.88 Å². The van der Waals surface area contributed by atoms with E-state index in [9.17, 15) is 18.0 Å². The molecule has 0 saturated carbocycles. The molecule has 1 atom stereocenters. The molecule has 1 fully saturated rings.